The lowest BCUT2D eigenvalue weighted by molar-refractivity contribution is 0.511. The van der Waals surface area contributed by atoms with Gasteiger partial charge in [-0.25, -0.2) is 0 Å². The average Bonchev–Trinajstić information content (AvgIpc) is 2.18. The third-order valence-corrected chi connectivity index (χ3v) is 2.87. The minimum absolute atomic E-state index is 0.584. The number of nitrogens with one attached hydrogen (secondary N) is 1. The van der Waals surface area contributed by atoms with Crippen LogP contribution in [0.15, 0.2) is 36.1 Å². The molecule has 0 radical (unpaired) electrons. The molecule has 0 spiro atoms. The van der Waals surface area contributed by atoms with Crippen molar-refractivity contribution in [3.63, 3.8) is 0 Å². The number of rotatable bonds is 5. The summed E-state index contributed by atoms with van der Waals surface area (Å²) in [6, 6.07) is 0.584. The van der Waals surface area contributed by atoms with Gasteiger partial charge in [0, 0.05) is 11.7 Å². The van der Waals surface area contributed by atoms with Gasteiger partial charge in [-0.05, 0) is 38.2 Å². The van der Waals surface area contributed by atoms with Crippen molar-refractivity contribution in [1.29, 1.82) is 0 Å². The van der Waals surface area contributed by atoms with Gasteiger partial charge in [-0.15, -0.1) is 0 Å². The Hall–Kier alpha value is -0.980. The van der Waals surface area contributed by atoms with E-state index in [0.29, 0.717) is 6.04 Å². The zero-order valence-corrected chi connectivity index (χ0v) is 10.1. The largest absolute Gasteiger partial charge is 0.386 e. The van der Waals surface area contributed by atoms with E-state index in [-0.39, 0.29) is 0 Å². The molecule has 1 unspecified atom stereocenters. The number of hydrogen-bond donors (Lipinski definition) is 1. The molecule has 0 heterocycles. The minimum atomic E-state index is 0.584. The summed E-state index contributed by atoms with van der Waals surface area (Å²) >= 11 is 0. The fourth-order valence-electron chi connectivity index (χ4n) is 2.10. The van der Waals surface area contributed by atoms with Gasteiger partial charge in [0.25, 0.3) is 0 Å². The molecule has 1 rings (SSSR count). The lowest BCUT2D eigenvalue weighted by Gasteiger charge is -2.24. The Morgan fingerprint density at radius 2 is 2.27 bits per heavy atom. The Bertz CT molecular complexity index is 273. The van der Waals surface area contributed by atoms with Crippen LogP contribution in [0.2, 0.25) is 0 Å². The van der Waals surface area contributed by atoms with Crippen molar-refractivity contribution in [2.24, 2.45) is 0 Å². The predicted molar refractivity (Wildman–Crippen MR) is 67.7 cm³/mol. The molecule has 0 aliphatic heterocycles. The van der Waals surface area contributed by atoms with Crippen LogP contribution in [0.25, 0.3) is 0 Å². The number of hydrogen-bond acceptors (Lipinski definition) is 1. The number of allylic oxidation sites excluding steroid dienone is 3. The molecule has 0 amide bonds. The van der Waals surface area contributed by atoms with Crippen molar-refractivity contribution < 1.29 is 0 Å². The van der Waals surface area contributed by atoms with Gasteiger partial charge in [0.2, 0.25) is 0 Å². The standard InChI is InChI=1S/C14H23N/c1-5-6-12(4)13-7-9-14(10-8-13)15-11(2)3/h7,14-15H,2,4-6,8-10H2,1,3H3. The van der Waals surface area contributed by atoms with E-state index in [1.54, 1.807) is 0 Å². The molecule has 0 aromatic rings. The molecule has 1 aliphatic rings. The molecule has 1 N–H and O–H groups in total. The first-order chi connectivity index (χ1) is 7.13. The predicted octanol–water partition coefficient (Wildman–Crippen LogP) is 3.94. The van der Waals surface area contributed by atoms with Gasteiger partial charge in [0.15, 0.2) is 0 Å². The second kappa shape index (κ2) is 5.79. The van der Waals surface area contributed by atoms with Crippen molar-refractivity contribution in [2.75, 3.05) is 0 Å². The third-order valence-electron chi connectivity index (χ3n) is 2.87. The average molecular weight is 205 g/mol. The highest BCUT2D eigenvalue weighted by molar-refractivity contribution is 5.30. The van der Waals surface area contributed by atoms with Crippen LogP contribution < -0.4 is 5.32 Å². The van der Waals surface area contributed by atoms with E-state index < -0.39 is 0 Å². The molecule has 0 aromatic heterocycles. The molecule has 1 heteroatoms. The van der Waals surface area contributed by atoms with Crippen molar-refractivity contribution in [3.8, 4) is 0 Å². The molecule has 0 saturated carbocycles. The Morgan fingerprint density at radius 3 is 2.73 bits per heavy atom. The Kier molecular flexibility index (Phi) is 4.67. The lowest BCUT2D eigenvalue weighted by Crippen LogP contribution is -2.28. The first kappa shape index (κ1) is 12.1. The summed E-state index contributed by atoms with van der Waals surface area (Å²) < 4.78 is 0. The summed E-state index contributed by atoms with van der Waals surface area (Å²) in [7, 11) is 0. The molecule has 0 bridgehead atoms. The van der Waals surface area contributed by atoms with Crippen LogP contribution in [0.4, 0.5) is 0 Å². The summed E-state index contributed by atoms with van der Waals surface area (Å²) in [5, 5.41) is 3.40. The van der Waals surface area contributed by atoms with E-state index in [0.717, 1.165) is 18.5 Å². The third kappa shape index (κ3) is 3.94. The zero-order chi connectivity index (χ0) is 11.3. The molecule has 0 saturated heterocycles. The summed E-state index contributed by atoms with van der Waals surface area (Å²) in [5.41, 5.74) is 3.90. The van der Waals surface area contributed by atoms with Gasteiger partial charge in [0.1, 0.15) is 0 Å². The van der Waals surface area contributed by atoms with Gasteiger partial charge < -0.3 is 5.32 Å². The summed E-state index contributed by atoms with van der Waals surface area (Å²) in [6.07, 6.45) is 8.19. The highest BCUT2D eigenvalue weighted by Crippen LogP contribution is 2.26. The summed E-state index contributed by atoms with van der Waals surface area (Å²) in [4.78, 5) is 0. The highest BCUT2D eigenvalue weighted by Gasteiger charge is 2.14. The van der Waals surface area contributed by atoms with E-state index in [9.17, 15) is 0 Å². The summed E-state index contributed by atoms with van der Waals surface area (Å²) in [6.45, 7) is 12.3. The first-order valence-corrected chi connectivity index (χ1v) is 5.92. The van der Waals surface area contributed by atoms with Gasteiger partial charge in [-0.2, -0.15) is 0 Å². The molecule has 15 heavy (non-hydrogen) atoms. The summed E-state index contributed by atoms with van der Waals surface area (Å²) in [5.74, 6) is 0. The van der Waals surface area contributed by atoms with Crippen molar-refractivity contribution in [1.82, 2.24) is 5.32 Å². The van der Waals surface area contributed by atoms with Crippen LogP contribution in [0, 0.1) is 0 Å². The van der Waals surface area contributed by atoms with Gasteiger partial charge in [-0.1, -0.05) is 38.2 Å². The van der Waals surface area contributed by atoms with E-state index in [1.165, 1.54) is 30.4 Å². The maximum Gasteiger partial charge on any atom is 0.0295 e. The van der Waals surface area contributed by atoms with Gasteiger partial charge >= 0.3 is 0 Å². The van der Waals surface area contributed by atoms with E-state index in [1.807, 2.05) is 6.92 Å². The maximum atomic E-state index is 4.15. The molecule has 1 nitrogen and oxygen atoms in total. The Balaban J connectivity index is 2.44. The van der Waals surface area contributed by atoms with Crippen molar-refractivity contribution in [3.05, 3.63) is 36.1 Å². The first-order valence-electron chi connectivity index (χ1n) is 5.92. The smallest absolute Gasteiger partial charge is 0.0295 e. The van der Waals surface area contributed by atoms with Crippen molar-refractivity contribution >= 4 is 0 Å². The van der Waals surface area contributed by atoms with Crippen LogP contribution in [0.5, 0.6) is 0 Å². The van der Waals surface area contributed by atoms with Crippen LogP contribution in [-0.2, 0) is 0 Å². The Labute approximate surface area is 94.0 Å². The SMILES string of the molecule is C=C(C)NC1CC=C(C(=C)CCC)CC1. The normalized spacial score (nSPS) is 20.7. The molecular weight excluding hydrogens is 182 g/mol. The van der Waals surface area contributed by atoms with Crippen LogP contribution >= 0.6 is 0 Å². The van der Waals surface area contributed by atoms with Gasteiger partial charge in [0.05, 0.1) is 0 Å². The molecule has 1 aliphatic carbocycles. The fourth-order valence-corrected chi connectivity index (χ4v) is 2.10. The van der Waals surface area contributed by atoms with Crippen LogP contribution in [0.3, 0.4) is 0 Å². The molecular formula is C14H23N. The molecule has 0 aromatic carbocycles. The second-order valence-electron chi connectivity index (χ2n) is 4.48. The van der Waals surface area contributed by atoms with Crippen LogP contribution in [0.1, 0.15) is 46.0 Å². The van der Waals surface area contributed by atoms with E-state index in [2.05, 4.69) is 31.5 Å². The topological polar surface area (TPSA) is 12.0 Å². The lowest BCUT2D eigenvalue weighted by atomic mass is 9.89. The van der Waals surface area contributed by atoms with E-state index >= 15 is 0 Å². The monoisotopic (exact) mass is 205 g/mol. The Morgan fingerprint density at radius 1 is 1.53 bits per heavy atom. The van der Waals surface area contributed by atoms with Gasteiger partial charge in [-0.3, -0.25) is 0 Å². The minimum Gasteiger partial charge on any atom is -0.386 e. The van der Waals surface area contributed by atoms with Crippen molar-refractivity contribution in [2.45, 2.75) is 52.0 Å². The second-order valence-corrected chi connectivity index (χ2v) is 4.48. The maximum absolute atomic E-state index is 4.15. The zero-order valence-electron chi connectivity index (χ0n) is 10.1. The quantitative estimate of drug-likeness (QED) is 0.716. The highest BCUT2D eigenvalue weighted by atomic mass is 14.9. The molecule has 84 valence electrons. The molecule has 0 fully saturated rings. The fraction of sp³-hybridized carbons (Fsp3) is 0.571. The van der Waals surface area contributed by atoms with Crippen LogP contribution in [-0.4, -0.2) is 6.04 Å². The van der Waals surface area contributed by atoms with E-state index in [4.69, 9.17) is 0 Å². The molecule has 1 atom stereocenters.